The normalized spacial score (nSPS) is 11.2. The van der Waals surface area contributed by atoms with E-state index in [0.29, 0.717) is 26.9 Å². The molecule has 102 valence electrons. The molecular formula is C12H13Br2N3O2. The van der Waals surface area contributed by atoms with Crippen molar-refractivity contribution < 1.29 is 9.21 Å². The van der Waals surface area contributed by atoms with Gasteiger partial charge in [-0.05, 0) is 52.0 Å². The molecule has 0 aliphatic rings. The number of rotatable bonds is 5. The highest BCUT2D eigenvalue weighted by molar-refractivity contribution is 9.10. The standard InChI is InChI=1S/C12H13Br2N3O2/c1-16(2)4-5-17-10(9(13)7-15-17)11(18)8-3-6-19-12(8)14/h3,6-7H,4-5H2,1-2H3. The Balaban J connectivity index is 2.31. The van der Waals surface area contributed by atoms with Crippen molar-refractivity contribution in [2.24, 2.45) is 0 Å². The predicted molar refractivity (Wildman–Crippen MR) is 78.3 cm³/mol. The fourth-order valence-corrected chi connectivity index (χ4v) is 2.53. The quantitative estimate of drug-likeness (QED) is 0.736. The molecule has 19 heavy (non-hydrogen) atoms. The number of hydrogen-bond acceptors (Lipinski definition) is 4. The van der Waals surface area contributed by atoms with E-state index in [9.17, 15) is 4.79 Å². The molecule has 2 aromatic rings. The molecule has 0 saturated heterocycles. The first-order valence-corrected chi connectivity index (χ1v) is 7.23. The molecule has 2 aromatic heterocycles. The van der Waals surface area contributed by atoms with E-state index in [2.05, 4.69) is 37.0 Å². The van der Waals surface area contributed by atoms with E-state index in [4.69, 9.17) is 4.42 Å². The first-order chi connectivity index (χ1) is 9.00. The van der Waals surface area contributed by atoms with E-state index in [-0.39, 0.29) is 5.78 Å². The topological polar surface area (TPSA) is 51.3 Å². The highest BCUT2D eigenvalue weighted by Crippen LogP contribution is 2.25. The fraction of sp³-hybridized carbons (Fsp3) is 0.333. The van der Waals surface area contributed by atoms with Crippen LogP contribution in [0.4, 0.5) is 0 Å². The van der Waals surface area contributed by atoms with Crippen molar-refractivity contribution in [3.05, 3.63) is 38.9 Å². The second-order valence-electron chi connectivity index (χ2n) is 4.30. The van der Waals surface area contributed by atoms with Gasteiger partial charge in [0.1, 0.15) is 5.69 Å². The van der Waals surface area contributed by atoms with E-state index < -0.39 is 0 Å². The lowest BCUT2D eigenvalue weighted by Crippen LogP contribution is -2.21. The van der Waals surface area contributed by atoms with Crippen molar-refractivity contribution in [2.75, 3.05) is 20.6 Å². The van der Waals surface area contributed by atoms with Gasteiger partial charge in [-0.15, -0.1) is 0 Å². The lowest BCUT2D eigenvalue weighted by molar-refractivity contribution is 0.102. The molecule has 0 amide bonds. The maximum absolute atomic E-state index is 12.5. The molecule has 0 aromatic carbocycles. The van der Waals surface area contributed by atoms with Crippen LogP contribution in [-0.4, -0.2) is 41.1 Å². The van der Waals surface area contributed by atoms with Gasteiger partial charge in [-0.2, -0.15) is 5.10 Å². The zero-order valence-electron chi connectivity index (χ0n) is 10.6. The van der Waals surface area contributed by atoms with Gasteiger partial charge in [0.2, 0.25) is 5.78 Å². The van der Waals surface area contributed by atoms with Gasteiger partial charge in [0.05, 0.1) is 29.0 Å². The summed E-state index contributed by atoms with van der Waals surface area (Å²) < 4.78 is 7.92. The van der Waals surface area contributed by atoms with Crippen LogP contribution in [0.15, 0.2) is 32.1 Å². The van der Waals surface area contributed by atoms with Gasteiger partial charge in [-0.25, -0.2) is 0 Å². The van der Waals surface area contributed by atoms with Crippen molar-refractivity contribution in [2.45, 2.75) is 6.54 Å². The first kappa shape index (κ1) is 14.5. The highest BCUT2D eigenvalue weighted by atomic mass is 79.9. The molecule has 0 aliphatic heterocycles. The molecule has 0 spiro atoms. The fourth-order valence-electron chi connectivity index (χ4n) is 1.64. The van der Waals surface area contributed by atoms with Crippen LogP contribution < -0.4 is 0 Å². The maximum atomic E-state index is 12.5. The molecule has 2 rings (SSSR count). The minimum absolute atomic E-state index is 0.122. The zero-order valence-corrected chi connectivity index (χ0v) is 13.7. The molecular weight excluding hydrogens is 378 g/mol. The van der Waals surface area contributed by atoms with Crippen LogP contribution in [0.25, 0.3) is 0 Å². The average Bonchev–Trinajstić information content (AvgIpc) is 2.92. The van der Waals surface area contributed by atoms with Gasteiger partial charge in [0.15, 0.2) is 4.67 Å². The summed E-state index contributed by atoms with van der Waals surface area (Å²) >= 11 is 6.59. The van der Waals surface area contributed by atoms with Crippen molar-refractivity contribution in [1.82, 2.24) is 14.7 Å². The summed E-state index contributed by atoms with van der Waals surface area (Å²) in [4.78, 5) is 14.5. The maximum Gasteiger partial charge on any atom is 0.216 e. The third-order valence-corrected chi connectivity index (χ3v) is 3.83. The zero-order chi connectivity index (χ0) is 14.0. The monoisotopic (exact) mass is 389 g/mol. The van der Waals surface area contributed by atoms with Crippen molar-refractivity contribution in [3.63, 3.8) is 0 Å². The summed E-state index contributed by atoms with van der Waals surface area (Å²) in [7, 11) is 3.96. The molecule has 0 radical (unpaired) electrons. The molecule has 0 fully saturated rings. The minimum atomic E-state index is -0.122. The Bertz CT molecular complexity index is 590. The Morgan fingerprint density at radius 1 is 1.47 bits per heavy atom. The molecule has 0 N–H and O–H groups in total. The van der Waals surface area contributed by atoms with Crippen LogP contribution in [0, 0.1) is 0 Å². The molecule has 0 saturated carbocycles. The lowest BCUT2D eigenvalue weighted by atomic mass is 10.1. The Morgan fingerprint density at radius 2 is 2.21 bits per heavy atom. The lowest BCUT2D eigenvalue weighted by Gasteiger charge is -2.11. The van der Waals surface area contributed by atoms with Gasteiger partial charge in [-0.3, -0.25) is 9.48 Å². The molecule has 0 bridgehead atoms. The van der Waals surface area contributed by atoms with Crippen LogP contribution >= 0.6 is 31.9 Å². The van der Waals surface area contributed by atoms with E-state index in [1.54, 1.807) is 16.9 Å². The van der Waals surface area contributed by atoms with Gasteiger partial charge in [0.25, 0.3) is 0 Å². The molecule has 0 aliphatic carbocycles. The van der Waals surface area contributed by atoms with Crippen LogP contribution in [0.3, 0.4) is 0 Å². The molecule has 0 atom stereocenters. The largest absolute Gasteiger partial charge is 0.457 e. The smallest absolute Gasteiger partial charge is 0.216 e. The summed E-state index contributed by atoms with van der Waals surface area (Å²) in [5.74, 6) is -0.122. The second kappa shape index (κ2) is 6.02. The molecule has 5 nitrogen and oxygen atoms in total. The Hall–Kier alpha value is -0.920. The van der Waals surface area contributed by atoms with Crippen LogP contribution in [-0.2, 0) is 6.54 Å². The average molecular weight is 391 g/mol. The number of likely N-dealkylation sites (N-methyl/N-ethyl adjacent to an activating group) is 1. The number of halogens is 2. The second-order valence-corrected chi connectivity index (χ2v) is 5.88. The van der Waals surface area contributed by atoms with Crippen LogP contribution in [0.2, 0.25) is 0 Å². The van der Waals surface area contributed by atoms with E-state index in [1.165, 1.54) is 6.26 Å². The first-order valence-electron chi connectivity index (χ1n) is 5.64. The minimum Gasteiger partial charge on any atom is -0.457 e. The number of aromatic nitrogens is 2. The van der Waals surface area contributed by atoms with Gasteiger partial charge in [0, 0.05) is 6.54 Å². The van der Waals surface area contributed by atoms with Crippen molar-refractivity contribution in [1.29, 1.82) is 0 Å². The number of carbonyl (C=O) groups is 1. The van der Waals surface area contributed by atoms with Crippen molar-refractivity contribution in [3.8, 4) is 0 Å². The Kier molecular flexibility index (Phi) is 4.59. The van der Waals surface area contributed by atoms with Crippen molar-refractivity contribution >= 4 is 37.6 Å². The Morgan fingerprint density at radius 3 is 2.79 bits per heavy atom. The highest BCUT2D eigenvalue weighted by Gasteiger charge is 2.22. The number of hydrogen-bond donors (Lipinski definition) is 0. The summed E-state index contributed by atoms with van der Waals surface area (Å²) in [6, 6.07) is 1.64. The number of carbonyl (C=O) groups excluding carboxylic acids is 1. The molecule has 7 heteroatoms. The van der Waals surface area contributed by atoms with E-state index in [1.807, 2.05) is 19.0 Å². The predicted octanol–water partition coefficient (Wildman–Crippen LogP) is 2.79. The Labute approximate surface area is 127 Å². The number of nitrogens with zero attached hydrogens (tertiary/aromatic N) is 3. The van der Waals surface area contributed by atoms with Crippen LogP contribution in [0.5, 0.6) is 0 Å². The number of ketones is 1. The molecule has 2 heterocycles. The van der Waals surface area contributed by atoms with Gasteiger partial charge < -0.3 is 9.32 Å². The van der Waals surface area contributed by atoms with E-state index in [0.717, 1.165) is 6.54 Å². The van der Waals surface area contributed by atoms with Gasteiger partial charge >= 0.3 is 0 Å². The van der Waals surface area contributed by atoms with E-state index >= 15 is 0 Å². The SMILES string of the molecule is CN(C)CCn1ncc(Br)c1C(=O)c1ccoc1Br. The van der Waals surface area contributed by atoms with Gasteiger partial charge in [-0.1, -0.05) is 0 Å². The molecule has 0 unspecified atom stereocenters. The van der Waals surface area contributed by atoms with Crippen LogP contribution in [0.1, 0.15) is 16.1 Å². The summed E-state index contributed by atoms with van der Waals surface area (Å²) in [5.41, 5.74) is 1.02. The summed E-state index contributed by atoms with van der Waals surface area (Å²) in [6.07, 6.45) is 3.11. The third kappa shape index (κ3) is 3.16. The number of furan rings is 1. The third-order valence-electron chi connectivity index (χ3n) is 2.63. The summed E-state index contributed by atoms with van der Waals surface area (Å²) in [6.45, 7) is 1.45. The summed E-state index contributed by atoms with van der Waals surface area (Å²) in [5, 5.41) is 4.22.